The van der Waals surface area contributed by atoms with Crippen molar-refractivity contribution < 1.29 is 14.3 Å². The Bertz CT molecular complexity index is 572. The van der Waals surface area contributed by atoms with E-state index in [4.69, 9.17) is 10.5 Å². The van der Waals surface area contributed by atoms with Gasteiger partial charge in [-0.3, -0.25) is 4.79 Å². The largest absolute Gasteiger partial charge is 0.489 e. The zero-order valence-corrected chi connectivity index (χ0v) is 13.2. The molecule has 1 atom stereocenters. The fraction of sp³-hybridized carbons (Fsp3) is 0.235. The number of halogens is 1. The molecule has 0 radical (unpaired) electrons. The average molecular weight is 322 g/mol. The molecular formula is C17H20ClNO3. The zero-order valence-electron chi connectivity index (χ0n) is 12.4. The normalized spacial score (nSPS) is 11.2. The summed E-state index contributed by atoms with van der Waals surface area (Å²) < 4.78 is 10.3. The monoisotopic (exact) mass is 321 g/mol. The van der Waals surface area contributed by atoms with Gasteiger partial charge in [0, 0.05) is 6.04 Å². The highest BCUT2D eigenvalue weighted by Crippen LogP contribution is 2.19. The third-order valence-corrected chi connectivity index (χ3v) is 3.17. The van der Waals surface area contributed by atoms with Crippen LogP contribution in [0.2, 0.25) is 0 Å². The maximum absolute atomic E-state index is 11.2. The Balaban J connectivity index is 0.00000242. The summed E-state index contributed by atoms with van der Waals surface area (Å²) in [6.07, 6.45) is 0.167. The van der Waals surface area contributed by atoms with Gasteiger partial charge in [-0.05, 0) is 23.3 Å². The van der Waals surface area contributed by atoms with Gasteiger partial charge < -0.3 is 15.2 Å². The van der Waals surface area contributed by atoms with Crippen molar-refractivity contribution in [1.29, 1.82) is 0 Å². The molecule has 0 aliphatic heterocycles. The minimum Gasteiger partial charge on any atom is -0.489 e. The molecule has 2 aromatic carbocycles. The van der Waals surface area contributed by atoms with Crippen LogP contribution in [0.5, 0.6) is 5.75 Å². The van der Waals surface area contributed by atoms with Gasteiger partial charge in [0.1, 0.15) is 12.4 Å². The Morgan fingerprint density at radius 3 is 2.32 bits per heavy atom. The molecule has 4 nitrogen and oxygen atoms in total. The second-order valence-electron chi connectivity index (χ2n) is 4.73. The van der Waals surface area contributed by atoms with Gasteiger partial charge in [0.15, 0.2) is 0 Å². The molecule has 2 aromatic rings. The molecule has 0 saturated heterocycles. The number of carbonyl (C=O) groups excluding carboxylic acids is 1. The second kappa shape index (κ2) is 9.07. The maximum atomic E-state index is 11.2. The van der Waals surface area contributed by atoms with Crippen molar-refractivity contribution >= 4 is 18.4 Å². The number of rotatable bonds is 6. The van der Waals surface area contributed by atoms with Crippen molar-refractivity contribution in [2.24, 2.45) is 5.73 Å². The van der Waals surface area contributed by atoms with Crippen LogP contribution in [0.1, 0.15) is 23.6 Å². The first-order chi connectivity index (χ1) is 10.2. The lowest BCUT2D eigenvalue weighted by atomic mass is 10.0. The van der Waals surface area contributed by atoms with Crippen molar-refractivity contribution in [3.05, 3.63) is 65.7 Å². The number of nitrogens with two attached hydrogens (primary N) is 1. The van der Waals surface area contributed by atoms with Gasteiger partial charge in [0.25, 0.3) is 0 Å². The third kappa shape index (κ3) is 5.39. The van der Waals surface area contributed by atoms with Crippen molar-refractivity contribution in [1.82, 2.24) is 0 Å². The fourth-order valence-corrected chi connectivity index (χ4v) is 1.93. The number of hydrogen-bond donors (Lipinski definition) is 1. The standard InChI is InChI=1S/C17H19NO3.ClH/c1-20-17(19)11-16(18)14-7-9-15(10-8-14)21-12-13-5-3-2-4-6-13;/h2-10,16H,11-12,18H2,1H3;1H. The smallest absolute Gasteiger partial charge is 0.307 e. The van der Waals surface area contributed by atoms with Crippen molar-refractivity contribution in [3.8, 4) is 5.75 Å². The molecule has 0 bridgehead atoms. The molecule has 0 aliphatic rings. The first-order valence-corrected chi connectivity index (χ1v) is 6.78. The molecule has 0 fully saturated rings. The molecule has 0 amide bonds. The minimum absolute atomic E-state index is 0. The molecule has 0 saturated carbocycles. The predicted molar refractivity (Wildman–Crippen MR) is 88.0 cm³/mol. The Morgan fingerprint density at radius 2 is 1.73 bits per heavy atom. The van der Waals surface area contributed by atoms with Crippen LogP contribution in [-0.4, -0.2) is 13.1 Å². The van der Waals surface area contributed by atoms with Crippen LogP contribution < -0.4 is 10.5 Å². The number of esters is 1. The quantitative estimate of drug-likeness (QED) is 0.830. The Morgan fingerprint density at radius 1 is 1.09 bits per heavy atom. The van der Waals surface area contributed by atoms with Crippen LogP contribution in [0.15, 0.2) is 54.6 Å². The van der Waals surface area contributed by atoms with E-state index in [1.807, 2.05) is 54.6 Å². The van der Waals surface area contributed by atoms with Gasteiger partial charge in [0.05, 0.1) is 13.5 Å². The lowest BCUT2D eigenvalue weighted by Gasteiger charge is -2.12. The molecule has 0 aromatic heterocycles. The predicted octanol–water partition coefficient (Wildman–Crippen LogP) is 3.25. The number of benzene rings is 2. The lowest BCUT2D eigenvalue weighted by molar-refractivity contribution is -0.141. The van der Waals surface area contributed by atoms with Crippen molar-refractivity contribution in [3.63, 3.8) is 0 Å². The molecule has 5 heteroatoms. The van der Waals surface area contributed by atoms with E-state index in [0.29, 0.717) is 6.61 Å². The molecular weight excluding hydrogens is 302 g/mol. The van der Waals surface area contributed by atoms with Gasteiger partial charge in [-0.1, -0.05) is 42.5 Å². The molecule has 0 spiro atoms. The molecule has 22 heavy (non-hydrogen) atoms. The number of methoxy groups -OCH3 is 1. The maximum Gasteiger partial charge on any atom is 0.307 e. The Kier molecular flexibility index (Phi) is 7.43. The number of hydrogen-bond acceptors (Lipinski definition) is 4. The van der Waals surface area contributed by atoms with E-state index >= 15 is 0 Å². The van der Waals surface area contributed by atoms with Gasteiger partial charge in [-0.2, -0.15) is 0 Å². The second-order valence-corrected chi connectivity index (χ2v) is 4.73. The Hall–Kier alpha value is -2.04. The summed E-state index contributed by atoms with van der Waals surface area (Å²) in [6, 6.07) is 17.1. The summed E-state index contributed by atoms with van der Waals surface area (Å²) in [5.41, 5.74) is 7.94. The SMILES string of the molecule is COC(=O)CC(N)c1ccc(OCc2ccccc2)cc1.Cl. The molecule has 0 aliphatic carbocycles. The van der Waals surface area contributed by atoms with Gasteiger partial charge in [-0.15, -0.1) is 12.4 Å². The fourth-order valence-electron chi connectivity index (χ4n) is 1.93. The summed E-state index contributed by atoms with van der Waals surface area (Å²) in [7, 11) is 1.36. The summed E-state index contributed by atoms with van der Waals surface area (Å²) >= 11 is 0. The molecule has 2 N–H and O–H groups in total. The average Bonchev–Trinajstić information content (AvgIpc) is 2.54. The van der Waals surface area contributed by atoms with Crippen molar-refractivity contribution in [2.45, 2.75) is 19.1 Å². The van der Waals surface area contributed by atoms with Gasteiger partial charge in [0.2, 0.25) is 0 Å². The first kappa shape index (κ1) is 18.0. The van der Waals surface area contributed by atoms with Crippen LogP contribution in [-0.2, 0) is 16.1 Å². The van der Waals surface area contributed by atoms with Gasteiger partial charge >= 0.3 is 5.97 Å². The highest BCUT2D eigenvalue weighted by Gasteiger charge is 2.11. The number of carbonyl (C=O) groups is 1. The summed E-state index contributed by atoms with van der Waals surface area (Å²) in [5.74, 6) is 0.458. The molecule has 118 valence electrons. The van der Waals surface area contributed by atoms with Crippen LogP contribution >= 0.6 is 12.4 Å². The molecule has 2 rings (SSSR count). The first-order valence-electron chi connectivity index (χ1n) is 6.78. The van der Waals surface area contributed by atoms with Crippen LogP contribution in [0.4, 0.5) is 0 Å². The highest BCUT2D eigenvalue weighted by atomic mass is 35.5. The Labute approximate surface area is 136 Å². The van der Waals surface area contributed by atoms with Crippen molar-refractivity contribution in [2.75, 3.05) is 7.11 Å². The van der Waals surface area contributed by atoms with Crippen LogP contribution in [0.3, 0.4) is 0 Å². The number of ether oxygens (including phenoxy) is 2. The van der Waals surface area contributed by atoms with E-state index in [2.05, 4.69) is 4.74 Å². The lowest BCUT2D eigenvalue weighted by Crippen LogP contribution is -2.16. The van der Waals surface area contributed by atoms with Gasteiger partial charge in [-0.25, -0.2) is 0 Å². The molecule has 0 heterocycles. The van der Waals surface area contributed by atoms with Crippen LogP contribution in [0.25, 0.3) is 0 Å². The highest BCUT2D eigenvalue weighted by molar-refractivity contribution is 5.85. The van der Waals surface area contributed by atoms with E-state index < -0.39 is 0 Å². The minimum atomic E-state index is -0.361. The summed E-state index contributed by atoms with van der Waals surface area (Å²) in [6.45, 7) is 0.522. The molecule has 1 unspecified atom stereocenters. The van der Waals surface area contributed by atoms with E-state index in [-0.39, 0.29) is 30.8 Å². The van der Waals surface area contributed by atoms with Crippen LogP contribution in [0, 0.1) is 0 Å². The topological polar surface area (TPSA) is 61.5 Å². The zero-order chi connectivity index (χ0) is 15.1. The summed E-state index contributed by atoms with van der Waals surface area (Å²) in [5, 5.41) is 0. The van der Waals surface area contributed by atoms with E-state index in [9.17, 15) is 4.79 Å². The summed E-state index contributed by atoms with van der Waals surface area (Å²) in [4.78, 5) is 11.2. The van der Waals surface area contributed by atoms with E-state index in [0.717, 1.165) is 16.9 Å². The van der Waals surface area contributed by atoms with E-state index in [1.165, 1.54) is 7.11 Å². The third-order valence-electron chi connectivity index (χ3n) is 3.17. The van der Waals surface area contributed by atoms with E-state index in [1.54, 1.807) is 0 Å².